The monoisotopic (exact) mass is 395 g/mol. The number of fused-ring (bicyclic) bond motifs is 1. The number of anilines is 1. The predicted molar refractivity (Wildman–Crippen MR) is 108 cm³/mol. The number of aromatic nitrogens is 1. The number of nitrogens with zero attached hydrogens (tertiary/aromatic N) is 2. The molecule has 29 heavy (non-hydrogen) atoms. The van der Waals surface area contributed by atoms with Gasteiger partial charge in [0, 0.05) is 25.0 Å². The molecule has 0 spiro atoms. The molecule has 1 aromatic heterocycles. The number of para-hydroxylation sites is 1. The SMILES string of the molecule is COc1ccc(C2c3cccn3CCN2C(=O)Nc2ccccc2F)cc1OC. The van der Waals surface area contributed by atoms with Crippen LogP contribution in [0, 0.1) is 5.82 Å². The van der Waals surface area contributed by atoms with Gasteiger partial charge in [0.05, 0.1) is 25.9 Å². The molecule has 0 saturated carbocycles. The first kappa shape index (κ1) is 18.9. The molecule has 1 atom stereocenters. The maximum Gasteiger partial charge on any atom is 0.322 e. The fourth-order valence-corrected chi connectivity index (χ4v) is 3.73. The van der Waals surface area contributed by atoms with Gasteiger partial charge < -0.3 is 24.3 Å². The molecule has 1 N–H and O–H groups in total. The number of ether oxygens (including phenoxy) is 2. The van der Waals surface area contributed by atoms with Crippen LogP contribution in [0.15, 0.2) is 60.8 Å². The molecule has 1 aliphatic rings. The number of carbonyl (C=O) groups excluding carboxylic acids is 1. The quantitative estimate of drug-likeness (QED) is 0.717. The Labute approximate surface area is 168 Å². The first-order chi connectivity index (χ1) is 14.1. The van der Waals surface area contributed by atoms with E-state index in [9.17, 15) is 9.18 Å². The van der Waals surface area contributed by atoms with Gasteiger partial charge in [-0.3, -0.25) is 0 Å². The number of halogens is 1. The minimum absolute atomic E-state index is 0.157. The van der Waals surface area contributed by atoms with E-state index in [1.807, 2.05) is 36.5 Å². The second-order valence-electron chi connectivity index (χ2n) is 6.75. The zero-order valence-corrected chi connectivity index (χ0v) is 16.3. The summed E-state index contributed by atoms with van der Waals surface area (Å²) in [4.78, 5) is 14.8. The van der Waals surface area contributed by atoms with Crippen LogP contribution in [0.1, 0.15) is 17.3 Å². The highest BCUT2D eigenvalue weighted by molar-refractivity contribution is 5.90. The highest BCUT2D eigenvalue weighted by Crippen LogP contribution is 2.37. The first-order valence-electron chi connectivity index (χ1n) is 9.31. The average Bonchev–Trinajstić information content (AvgIpc) is 3.23. The van der Waals surface area contributed by atoms with Crippen molar-refractivity contribution in [3.05, 3.63) is 77.9 Å². The molecular weight excluding hydrogens is 373 g/mol. The van der Waals surface area contributed by atoms with Crippen molar-refractivity contribution in [2.75, 3.05) is 26.1 Å². The van der Waals surface area contributed by atoms with Gasteiger partial charge >= 0.3 is 6.03 Å². The van der Waals surface area contributed by atoms with Crippen LogP contribution < -0.4 is 14.8 Å². The van der Waals surface area contributed by atoms with Crippen LogP contribution in [0.25, 0.3) is 0 Å². The van der Waals surface area contributed by atoms with Crippen molar-refractivity contribution >= 4 is 11.7 Å². The van der Waals surface area contributed by atoms with E-state index in [1.54, 1.807) is 37.3 Å². The van der Waals surface area contributed by atoms with Gasteiger partial charge in [-0.05, 0) is 42.0 Å². The smallest absolute Gasteiger partial charge is 0.322 e. The van der Waals surface area contributed by atoms with E-state index < -0.39 is 5.82 Å². The summed E-state index contributed by atoms with van der Waals surface area (Å²) in [6.07, 6.45) is 2.00. The van der Waals surface area contributed by atoms with Crippen molar-refractivity contribution in [3.63, 3.8) is 0 Å². The summed E-state index contributed by atoms with van der Waals surface area (Å²) in [7, 11) is 3.16. The predicted octanol–water partition coefficient (Wildman–Crippen LogP) is 4.28. The second-order valence-corrected chi connectivity index (χ2v) is 6.75. The maximum atomic E-state index is 14.0. The molecule has 150 valence electrons. The van der Waals surface area contributed by atoms with E-state index in [0.29, 0.717) is 24.6 Å². The molecule has 3 aromatic rings. The van der Waals surface area contributed by atoms with E-state index in [2.05, 4.69) is 9.88 Å². The molecule has 2 heterocycles. The molecule has 2 aromatic carbocycles. The molecule has 1 unspecified atom stereocenters. The zero-order chi connectivity index (χ0) is 20.4. The van der Waals surface area contributed by atoms with Gasteiger partial charge in [-0.2, -0.15) is 0 Å². The molecule has 0 bridgehead atoms. The molecule has 0 radical (unpaired) electrons. The van der Waals surface area contributed by atoms with E-state index >= 15 is 0 Å². The molecule has 0 fully saturated rings. The number of carbonyl (C=O) groups is 1. The molecule has 0 aliphatic carbocycles. The van der Waals surface area contributed by atoms with Crippen molar-refractivity contribution in [1.29, 1.82) is 0 Å². The zero-order valence-electron chi connectivity index (χ0n) is 16.3. The van der Waals surface area contributed by atoms with Crippen LogP contribution in [-0.4, -0.2) is 36.3 Å². The lowest BCUT2D eigenvalue weighted by Crippen LogP contribution is -2.44. The first-order valence-corrected chi connectivity index (χ1v) is 9.31. The summed E-state index contributed by atoms with van der Waals surface area (Å²) >= 11 is 0. The lowest BCUT2D eigenvalue weighted by atomic mass is 9.99. The van der Waals surface area contributed by atoms with Crippen molar-refractivity contribution in [3.8, 4) is 11.5 Å². The third-order valence-corrected chi connectivity index (χ3v) is 5.14. The van der Waals surface area contributed by atoms with E-state index in [1.165, 1.54) is 6.07 Å². The largest absolute Gasteiger partial charge is 0.493 e. The Morgan fingerprint density at radius 2 is 1.83 bits per heavy atom. The molecule has 4 rings (SSSR count). The van der Waals surface area contributed by atoms with Gasteiger partial charge in [-0.25, -0.2) is 9.18 Å². The average molecular weight is 395 g/mol. The van der Waals surface area contributed by atoms with Gasteiger partial charge in [0.15, 0.2) is 11.5 Å². The van der Waals surface area contributed by atoms with Crippen molar-refractivity contribution < 1.29 is 18.7 Å². The standard InChI is InChI=1S/C22H22FN3O3/c1-28-19-10-9-15(14-20(19)29-2)21-18-8-5-11-25(18)12-13-26(21)22(27)24-17-7-4-3-6-16(17)23/h3-11,14,21H,12-13H2,1-2H3,(H,24,27). The van der Waals surface area contributed by atoms with Crippen LogP contribution in [0.4, 0.5) is 14.9 Å². The number of hydrogen-bond donors (Lipinski definition) is 1. The summed E-state index contributed by atoms with van der Waals surface area (Å²) in [5, 5.41) is 2.70. The molecule has 7 heteroatoms. The highest BCUT2D eigenvalue weighted by Gasteiger charge is 2.33. The molecular formula is C22H22FN3O3. The van der Waals surface area contributed by atoms with Crippen LogP contribution >= 0.6 is 0 Å². The number of nitrogens with one attached hydrogen (secondary N) is 1. The summed E-state index contributed by atoms with van der Waals surface area (Å²) in [6.45, 7) is 1.15. The van der Waals surface area contributed by atoms with Crippen molar-refractivity contribution in [2.45, 2.75) is 12.6 Å². The van der Waals surface area contributed by atoms with Gasteiger partial charge in [0.25, 0.3) is 0 Å². The topological polar surface area (TPSA) is 55.7 Å². The van der Waals surface area contributed by atoms with E-state index in [-0.39, 0.29) is 17.8 Å². The lowest BCUT2D eigenvalue weighted by molar-refractivity contribution is 0.181. The number of urea groups is 1. The summed E-state index contributed by atoms with van der Waals surface area (Å²) in [5.74, 6) is 0.733. The number of rotatable bonds is 4. The molecule has 0 saturated heterocycles. The Balaban J connectivity index is 1.72. The third-order valence-electron chi connectivity index (χ3n) is 5.14. The summed E-state index contributed by atoms with van der Waals surface area (Å²) in [6, 6.07) is 15.0. The van der Waals surface area contributed by atoms with E-state index in [4.69, 9.17) is 9.47 Å². The van der Waals surface area contributed by atoms with Gasteiger partial charge in [0.1, 0.15) is 5.82 Å². The molecule has 2 amide bonds. The number of benzene rings is 2. The lowest BCUT2D eigenvalue weighted by Gasteiger charge is -2.37. The maximum absolute atomic E-state index is 14.0. The third kappa shape index (κ3) is 3.51. The number of methoxy groups -OCH3 is 2. The fraction of sp³-hybridized carbons (Fsp3) is 0.227. The Morgan fingerprint density at radius 3 is 2.59 bits per heavy atom. The Hall–Kier alpha value is -3.48. The minimum Gasteiger partial charge on any atom is -0.493 e. The number of amides is 2. The highest BCUT2D eigenvalue weighted by atomic mass is 19.1. The van der Waals surface area contributed by atoms with Crippen LogP contribution in [0.3, 0.4) is 0 Å². The Bertz CT molecular complexity index is 1030. The van der Waals surface area contributed by atoms with Gasteiger partial charge in [0.2, 0.25) is 0 Å². The van der Waals surface area contributed by atoms with Gasteiger partial charge in [-0.15, -0.1) is 0 Å². The van der Waals surface area contributed by atoms with Crippen LogP contribution in [-0.2, 0) is 6.54 Å². The Kier molecular flexibility index (Phi) is 5.12. The van der Waals surface area contributed by atoms with Crippen LogP contribution in [0.2, 0.25) is 0 Å². The number of hydrogen-bond acceptors (Lipinski definition) is 3. The fourth-order valence-electron chi connectivity index (χ4n) is 3.73. The minimum atomic E-state index is -0.469. The Morgan fingerprint density at radius 1 is 1.03 bits per heavy atom. The summed E-state index contributed by atoms with van der Waals surface area (Å²) in [5.41, 5.74) is 2.02. The normalized spacial score (nSPS) is 15.6. The van der Waals surface area contributed by atoms with Crippen molar-refractivity contribution in [2.24, 2.45) is 0 Å². The van der Waals surface area contributed by atoms with Crippen LogP contribution in [0.5, 0.6) is 11.5 Å². The van der Waals surface area contributed by atoms with E-state index in [0.717, 1.165) is 11.3 Å². The second kappa shape index (κ2) is 7.87. The molecule has 6 nitrogen and oxygen atoms in total. The molecule has 1 aliphatic heterocycles. The van der Waals surface area contributed by atoms with Crippen molar-refractivity contribution in [1.82, 2.24) is 9.47 Å². The van der Waals surface area contributed by atoms with Gasteiger partial charge in [-0.1, -0.05) is 18.2 Å². The summed E-state index contributed by atoms with van der Waals surface area (Å²) < 4.78 is 26.9.